The van der Waals surface area contributed by atoms with Crippen molar-refractivity contribution in [3.05, 3.63) is 64.1 Å². The van der Waals surface area contributed by atoms with E-state index in [1.807, 2.05) is 17.9 Å². The van der Waals surface area contributed by atoms with Gasteiger partial charge in [-0.15, -0.1) is 0 Å². The van der Waals surface area contributed by atoms with Crippen molar-refractivity contribution in [1.82, 2.24) is 4.90 Å². The van der Waals surface area contributed by atoms with E-state index in [1.165, 1.54) is 7.11 Å². The second kappa shape index (κ2) is 11.9. The van der Waals surface area contributed by atoms with Gasteiger partial charge in [-0.25, -0.2) is 22.8 Å². The number of fused-ring (bicyclic) bond motifs is 2. The highest BCUT2D eigenvalue weighted by Crippen LogP contribution is 2.40. The van der Waals surface area contributed by atoms with Gasteiger partial charge in [0.15, 0.2) is 17.5 Å². The molecule has 0 fully saturated rings. The molecule has 9 nitrogen and oxygen atoms in total. The van der Waals surface area contributed by atoms with E-state index in [9.17, 15) is 27.9 Å². The molecule has 0 aliphatic carbocycles. The van der Waals surface area contributed by atoms with Gasteiger partial charge in [0.1, 0.15) is 29.9 Å². The fourth-order valence-electron chi connectivity index (χ4n) is 5.13. The Bertz CT molecular complexity index is 1280. The molecule has 39 heavy (non-hydrogen) atoms. The Morgan fingerprint density at radius 1 is 1.10 bits per heavy atom. The fraction of sp³-hybridized carbons (Fsp3) is 0.407. The zero-order valence-electron chi connectivity index (χ0n) is 21.5. The zero-order chi connectivity index (χ0) is 28.3. The van der Waals surface area contributed by atoms with E-state index < -0.39 is 35.5 Å². The maximum Gasteiger partial charge on any atom is 0.352 e. The van der Waals surface area contributed by atoms with Crippen LogP contribution in [-0.2, 0) is 27.2 Å². The number of anilines is 1. The Hall–Kier alpha value is -3.93. The van der Waals surface area contributed by atoms with Gasteiger partial charge in [-0.3, -0.25) is 0 Å². The normalized spacial score (nSPS) is 16.1. The zero-order valence-corrected chi connectivity index (χ0v) is 21.5. The Kier molecular flexibility index (Phi) is 8.54. The highest BCUT2D eigenvalue weighted by atomic mass is 19.2. The molecule has 12 heteroatoms. The van der Waals surface area contributed by atoms with Gasteiger partial charge in [0.05, 0.1) is 31.5 Å². The second-order valence-corrected chi connectivity index (χ2v) is 9.34. The highest BCUT2D eigenvalue weighted by molar-refractivity contribution is 5.94. The molecule has 2 aliphatic heterocycles. The van der Waals surface area contributed by atoms with Crippen LogP contribution in [0.25, 0.3) is 0 Å². The lowest BCUT2D eigenvalue weighted by atomic mass is 9.94. The van der Waals surface area contributed by atoms with Crippen LogP contribution in [0, 0.1) is 24.4 Å². The van der Waals surface area contributed by atoms with Gasteiger partial charge >= 0.3 is 11.9 Å². The smallest absolute Gasteiger partial charge is 0.352 e. The summed E-state index contributed by atoms with van der Waals surface area (Å²) in [7, 11) is 1.47. The molecular weight excluding hydrogens is 521 g/mol. The average molecular weight is 551 g/mol. The first-order chi connectivity index (χ1) is 18.6. The lowest BCUT2D eigenvalue weighted by molar-refractivity contribution is -0.136. The van der Waals surface area contributed by atoms with Crippen molar-refractivity contribution in [3.8, 4) is 11.5 Å². The Morgan fingerprint density at radius 2 is 1.79 bits per heavy atom. The maximum atomic E-state index is 13.7. The van der Waals surface area contributed by atoms with Crippen molar-refractivity contribution in [1.29, 1.82) is 0 Å². The van der Waals surface area contributed by atoms with Gasteiger partial charge in [0.2, 0.25) is 0 Å². The molecule has 1 atom stereocenters. The van der Waals surface area contributed by atoms with Crippen molar-refractivity contribution >= 4 is 17.6 Å². The summed E-state index contributed by atoms with van der Waals surface area (Å²) < 4.78 is 57.9. The first-order valence-corrected chi connectivity index (χ1v) is 12.3. The van der Waals surface area contributed by atoms with Gasteiger partial charge in [-0.2, -0.15) is 0 Å². The molecule has 2 aromatic rings. The highest BCUT2D eigenvalue weighted by Gasteiger charge is 2.29. The molecule has 210 valence electrons. The summed E-state index contributed by atoms with van der Waals surface area (Å²) in [5.41, 5.74) is 3.47. The monoisotopic (exact) mass is 550 g/mol. The summed E-state index contributed by atoms with van der Waals surface area (Å²) in [5.74, 6) is -6.44. The number of carboxylic acid groups (broad SMARTS) is 2. The van der Waals surface area contributed by atoms with Crippen molar-refractivity contribution in [2.45, 2.75) is 25.9 Å². The molecule has 1 unspecified atom stereocenters. The minimum Gasteiger partial charge on any atom is -0.490 e. The molecular formula is C27H29F3N2O7. The number of halogens is 3. The minimum atomic E-state index is -1.57. The third-order valence-corrected chi connectivity index (χ3v) is 6.81. The minimum absolute atomic E-state index is 0.0974. The number of hydrogen-bond donors (Lipinski definition) is 2. The molecule has 0 amide bonds. The van der Waals surface area contributed by atoms with Crippen molar-refractivity contribution < 1.29 is 47.2 Å². The molecule has 4 rings (SSSR count). The number of hydrogen-bond acceptors (Lipinski definition) is 7. The number of nitrogens with zero attached hydrogens (tertiary/aromatic N) is 2. The molecule has 0 saturated heterocycles. The van der Waals surface area contributed by atoms with Gasteiger partial charge in [-0.1, -0.05) is 0 Å². The maximum absolute atomic E-state index is 13.7. The molecule has 0 spiro atoms. The molecule has 0 saturated carbocycles. The van der Waals surface area contributed by atoms with Crippen molar-refractivity contribution in [3.63, 3.8) is 0 Å². The lowest BCUT2D eigenvalue weighted by Gasteiger charge is -2.36. The standard InChI is InChI=1S/C27H29F3N2O7/c1-15-19-4-6-31(22(27(35)36)12-24(33)34)5-3-16(19)9-23-26(15)32(7-8-38-23)13-18(14-37-2)39-17-10-20(28)25(30)21(29)11-17/h9-12,18H,3-8,13-14H2,1-2H3,(H,33,34)(H,35,36)/b22-12-. The number of carboxylic acids is 2. The Balaban J connectivity index is 1.59. The van der Waals surface area contributed by atoms with Crippen LogP contribution in [0.2, 0.25) is 0 Å². The van der Waals surface area contributed by atoms with Crippen LogP contribution in [0.4, 0.5) is 18.9 Å². The fourth-order valence-corrected chi connectivity index (χ4v) is 5.13. The number of ether oxygens (including phenoxy) is 3. The third-order valence-electron chi connectivity index (χ3n) is 6.81. The number of methoxy groups -OCH3 is 1. The largest absolute Gasteiger partial charge is 0.490 e. The van der Waals surface area contributed by atoms with Crippen molar-refractivity contribution in [2.24, 2.45) is 0 Å². The average Bonchev–Trinajstić information content (AvgIpc) is 3.08. The molecule has 0 radical (unpaired) electrons. The number of benzene rings is 2. The summed E-state index contributed by atoms with van der Waals surface area (Å²) in [6.07, 6.45) is 1.03. The van der Waals surface area contributed by atoms with Crippen LogP contribution < -0.4 is 14.4 Å². The van der Waals surface area contributed by atoms with Gasteiger partial charge in [-0.05, 0) is 42.5 Å². The number of aliphatic carboxylic acids is 2. The van der Waals surface area contributed by atoms with E-state index in [2.05, 4.69) is 0 Å². The first-order valence-electron chi connectivity index (χ1n) is 12.3. The molecule has 2 N–H and O–H groups in total. The van der Waals surface area contributed by atoms with E-state index in [4.69, 9.17) is 19.3 Å². The topological polar surface area (TPSA) is 109 Å². The molecule has 2 aromatic carbocycles. The van der Waals surface area contributed by atoms with Gasteiger partial charge in [0, 0.05) is 32.3 Å². The molecule has 0 bridgehead atoms. The SMILES string of the molecule is COCC(CN1CCOc2cc3c(c(C)c21)CCN(/C(=C\C(=O)O)C(=O)O)CC3)Oc1cc(F)c(F)c(F)c1. The summed E-state index contributed by atoms with van der Waals surface area (Å²) in [6, 6.07) is 3.50. The predicted octanol–water partition coefficient (Wildman–Crippen LogP) is 3.16. The summed E-state index contributed by atoms with van der Waals surface area (Å²) >= 11 is 0. The Labute approximate surface area is 223 Å². The van der Waals surface area contributed by atoms with Gasteiger partial charge in [0.25, 0.3) is 0 Å². The van der Waals surface area contributed by atoms with Crippen LogP contribution in [0.5, 0.6) is 11.5 Å². The summed E-state index contributed by atoms with van der Waals surface area (Å²) in [4.78, 5) is 26.4. The van der Waals surface area contributed by atoms with Crippen LogP contribution in [0.15, 0.2) is 30.0 Å². The second-order valence-electron chi connectivity index (χ2n) is 9.34. The molecule has 2 heterocycles. The van der Waals surface area contributed by atoms with Crippen molar-refractivity contribution in [2.75, 3.05) is 51.4 Å². The van der Waals surface area contributed by atoms with Gasteiger partial charge < -0.3 is 34.2 Å². The Morgan fingerprint density at radius 3 is 2.44 bits per heavy atom. The van der Waals surface area contributed by atoms with Crippen LogP contribution in [-0.4, -0.2) is 79.7 Å². The third kappa shape index (κ3) is 6.22. The van der Waals surface area contributed by atoms with E-state index in [1.54, 1.807) is 4.90 Å². The van der Waals surface area contributed by atoms with E-state index in [0.717, 1.165) is 34.5 Å². The number of rotatable bonds is 9. The van der Waals surface area contributed by atoms with E-state index in [0.29, 0.717) is 50.9 Å². The molecule has 0 aromatic heterocycles. The lowest BCUT2D eigenvalue weighted by Crippen LogP contribution is -2.42. The van der Waals surface area contributed by atoms with Crippen LogP contribution >= 0.6 is 0 Å². The van der Waals surface area contributed by atoms with E-state index >= 15 is 0 Å². The molecule has 2 aliphatic rings. The van der Waals surface area contributed by atoms with E-state index in [-0.39, 0.29) is 24.6 Å². The first kappa shape index (κ1) is 28.1. The van der Waals surface area contributed by atoms with Crippen LogP contribution in [0.1, 0.15) is 16.7 Å². The quantitative estimate of drug-likeness (QED) is 0.360. The summed E-state index contributed by atoms with van der Waals surface area (Å²) in [5, 5.41) is 18.6. The van der Waals surface area contributed by atoms with Crippen LogP contribution in [0.3, 0.4) is 0 Å². The predicted molar refractivity (Wildman–Crippen MR) is 134 cm³/mol. The summed E-state index contributed by atoms with van der Waals surface area (Å²) in [6.45, 7) is 3.84. The number of carbonyl (C=O) groups is 2.